The second-order valence-corrected chi connectivity index (χ2v) is 6.72. The average Bonchev–Trinajstić information content (AvgIpc) is 2.63. The lowest BCUT2D eigenvalue weighted by Crippen LogP contribution is -2.61. The fourth-order valence-electron chi connectivity index (χ4n) is 3.19. The van der Waals surface area contributed by atoms with Crippen molar-refractivity contribution in [1.82, 2.24) is 15.6 Å². The first-order valence-electron chi connectivity index (χ1n) is 8.75. The first-order chi connectivity index (χ1) is 12.1. The Hall–Kier alpha value is -2.24. The first kappa shape index (κ1) is 17.6. The third-order valence-corrected chi connectivity index (χ3v) is 4.39. The van der Waals surface area contributed by atoms with Gasteiger partial charge in [0.2, 0.25) is 0 Å². The molecule has 0 aliphatic carbocycles. The van der Waals surface area contributed by atoms with E-state index in [0.29, 0.717) is 19.6 Å². The first-order valence-corrected chi connectivity index (χ1v) is 8.75. The molecule has 1 aromatic carbocycles. The summed E-state index contributed by atoms with van der Waals surface area (Å²) in [6.07, 6.45) is 4.09. The van der Waals surface area contributed by atoms with Crippen LogP contribution >= 0.6 is 0 Å². The van der Waals surface area contributed by atoms with E-state index in [1.165, 1.54) is 0 Å². The Balaban J connectivity index is 1.94. The van der Waals surface area contributed by atoms with Crippen LogP contribution in [0.5, 0.6) is 0 Å². The highest BCUT2D eigenvalue weighted by atomic mass is 16.5. The van der Waals surface area contributed by atoms with Gasteiger partial charge in [-0.3, -0.25) is 9.78 Å². The summed E-state index contributed by atoms with van der Waals surface area (Å²) in [5.74, 6) is -0.0563. The molecule has 0 unspecified atom stereocenters. The standard InChI is InChI=1S/C20H25N3O2/c1-15(2)23-19(24)20(14-22-11-12-25-20)13-17-5-3-4-6-18(17)16-7-9-21-10-8-16/h3-10,15,22H,11-14H2,1-2H3,(H,23,24)/t20-/m1/s1. The highest BCUT2D eigenvalue weighted by Gasteiger charge is 2.42. The molecule has 25 heavy (non-hydrogen) atoms. The van der Waals surface area contributed by atoms with Crippen LogP contribution in [0.3, 0.4) is 0 Å². The topological polar surface area (TPSA) is 63.2 Å². The van der Waals surface area contributed by atoms with Gasteiger partial charge in [-0.1, -0.05) is 24.3 Å². The summed E-state index contributed by atoms with van der Waals surface area (Å²) in [5, 5.41) is 6.33. The molecule has 1 aliphatic heterocycles. The summed E-state index contributed by atoms with van der Waals surface area (Å²) >= 11 is 0. The van der Waals surface area contributed by atoms with E-state index in [-0.39, 0.29) is 11.9 Å². The summed E-state index contributed by atoms with van der Waals surface area (Å²) in [4.78, 5) is 17.0. The fourth-order valence-corrected chi connectivity index (χ4v) is 3.19. The molecule has 2 heterocycles. The molecule has 1 fully saturated rings. The summed E-state index contributed by atoms with van der Waals surface area (Å²) in [5.41, 5.74) is 2.41. The molecule has 3 rings (SSSR count). The Morgan fingerprint density at radius 2 is 2.04 bits per heavy atom. The van der Waals surface area contributed by atoms with Crippen molar-refractivity contribution in [2.24, 2.45) is 0 Å². The number of hydrogen-bond donors (Lipinski definition) is 2. The Morgan fingerprint density at radius 1 is 1.28 bits per heavy atom. The lowest BCUT2D eigenvalue weighted by atomic mass is 9.87. The molecule has 1 amide bonds. The minimum absolute atomic E-state index is 0.0563. The smallest absolute Gasteiger partial charge is 0.254 e. The van der Waals surface area contributed by atoms with Crippen molar-refractivity contribution in [3.05, 3.63) is 54.4 Å². The number of carbonyl (C=O) groups is 1. The molecule has 0 spiro atoms. The third-order valence-electron chi connectivity index (χ3n) is 4.39. The molecule has 2 aromatic rings. The Bertz CT molecular complexity index is 710. The number of nitrogens with one attached hydrogen (secondary N) is 2. The van der Waals surface area contributed by atoms with Gasteiger partial charge in [0.25, 0.3) is 5.91 Å². The highest BCUT2D eigenvalue weighted by molar-refractivity contribution is 5.86. The molecule has 0 bridgehead atoms. The lowest BCUT2D eigenvalue weighted by molar-refractivity contribution is -0.151. The molecule has 5 nitrogen and oxygen atoms in total. The second kappa shape index (κ2) is 7.76. The number of rotatable bonds is 5. The largest absolute Gasteiger partial charge is 0.362 e. The van der Waals surface area contributed by atoms with Crippen LogP contribution in [0.25, 0.3) is 11.1 Å². The number of nitrogens with zero attached hydrogens (tertiary/aromatic N) is 1. The number of pyridine rings is 1. The van der Waals surface area contributed by atoms with Crippen molar-refractivity contribution < 1.29 is 9.53 Å². The Kier molecular flexibility index (Phi) is 5.46. The number of ether oxygens (including phenoxy) is 1. The van der Waals surface area contributed by atoms with E-state index in [0.717, 1.165) is 23.2 Å². The minimum atomic E-state index is -0.883. The number of carbonyl (C=O) groups excluding carboxylic acids is 1. The summed E-state index contributed by atoms with van der Waals surface area (Å²) in [6.45, 7) is 5.74. The average molecular weight is 339 g/mol. The molecule has 5 heteroatoms. The van der Waals surface area contributed by atoms with Crippen molar-refractivity contribution in [2.75, 3.05) is 19.7 Å². The summed E-state index contributed by atoms with van der Waals surface area (Å²) in [6, 6.07) is 12.2. The second-order valence-electron chi connectivity index (χ2n) is 6.72. The molecule has 1 atom stereocenters. The van der Waals surface area contributed by atoms with Gasteiger partial charge in [0.15, 0.2) is 5.60 Å². The van der Waals surface area contributed by atoms with Crippen molar-refractivity contribution in [3.8, 4) is 11.1 Å². The van der Waals surface area contributed by atoms with Crippen LogP contribution < -0.4 is 10.6 Å². The number of hydrogen-bond acceptors (Lipinski definition) is 4. The van der Waals surface area contributed by atoms with E-state index >= 15 is 0 Å². The van der Waals surface area contributed by atoms with E-state index in [4.69, 9.17) is 4.74 Å². The fraction of sp³-hybridized carbons (Fsp3) is 0.400. The van der Waals surface area contributed by atoms with Crippen LogP contribution in [0, 0.1) is 0 Å². The number of amides is 1. The van der Waals surface area contributed by atoms with Crippen molar-refractivity contribution in [2.45, 2.75) is 31.9 Å². The zero-order valence-corrected chi connectivity index (χ0v) is 14.8. The van der Waals surface area contributed by atoms with Gasteiger partial charge >= 0.3 is 0 Å². The van der Waals surface area contributed by atoms with Crippen molar-refractivity contribution >= 4 is 5.91 Å². The van der Waals surface area contributed by atoms with Crippen LogP contribution in [0.4, 0.5) is 0 Å². The van der Waals surface area contributed by atoms with Gasteiger partial charge in [-0.25, -0.2) is 0 Å². The van der Waals surface area contributed by atoms with Gasteiger partial charge in [-0.2, -0.15) is 0 Å². The zero-order valence-electron chi connectivity index (χ0n) is 14.8. The van der Waals surface area contributed by atoms with E-state index in [1.54, 1.807) is 12.4 Å². The van der Waals surface area contributed by atoms with Gasteiger partial charge in [0.05, 0.1) is 6.61 Å². The summed E-state index contributed by atoms with van der Waals surface area (Å²) in [7, 11) is 0. The predicted molar refractivity (Wildman–Crippen MR) is 98.2 cm³/mol. The van der Waals surface area contributed by atoms with Crippen LogP contribution in [0.15, 0.2) is 48.8 Å². The molecular weight excluding hydrogens is 314 g/mol. The van der Waals surface area contributed by atoms with Crippen LogP contribution in [0.2, 0.25) is 0 Å². The van der Waals surface area contributed by atoms with Gasteiger partial charge in [0, 0.05) is 37.9 Å². The van der Waals surface area contributed by atoms with Gasteiger partial charge in [0.1, 0.15) is 0 Å². The maximum Gasteiger partial charge on any atom is 0.254 e. The van der Waals surface area contributed by atoms with E-state index in [9.17, 15) is 4.79 Å². The quantitative estimate of drug-likeness (QED) is 0.876. The van der Waals surface area contributed by atoms with Crippen molar-refractivity contribution in [1.29, 1.82) is 0 Å². The van der Waals surface area contributed by atoms with E-state index in [2.05, 4.69) is 27.8 Å². The Labute approximate surface area is 148 Å². The SMILES string of the molecule is CC(C)NC(=O)[C@@]1(Cc2ccccc2-c2ccncc2)CNCCO1. The van der Waals surface area contributed by atoms with Crippen LogP contribution in [-0.2, 0) is 16.0 Å². The molecule has 1 aromatic heterocycles. The molecule has 132 valence electrons. The number of benzene rings is 1. The Morgan fingerprint density at radius 3 is 2.72 bits per heavy atom. The molecule has 0 radical (unpaired) electrons. The number of morpholine rings is 1. The van der Waals surface area contributed by atoms with Gasteiger partial charge in [-0.05, 0) is 42.7 Å². The third kappa shape index (κ3) is 4.06. The van der Waals surface area contributed by atoms with Crippen LogP contribution in [-0.4, -0.2) is 42.2 Å². The van der Waals surface area contributed by atoms with Crippen molar-refractivity contribution in [3.63, 3.8) is 0 Å². The normalized spacial score (nSPS) is 20.4. The molecule has 1 saturated heterocycles. The van der Waals surface area contributed by atoms with Crippen LogP contribution in [0.1, 0.15) is 19.4 Å². The zero-order chi connectivity index (χ0) is 17.7. The predicted octanol–water partition coefficient (Wildman–Crippen LogP) is 2.17. The molecule has 1 aliphatic rings. The van der Waals surface area contributed by atoms with Gasteiger partial charge in [-0.15, -0.1) is 0 Å². The monoisotopic (exact) mass is 339 g/mol. The molecule has 0 saturated carbocycles. The molecule has 2 N–H and O–H groups in total. The maximum absolute atomic E-state index is 12.9. The summed E-state index contributed by atoms with van der Waals surface area (Å²) < 4.78 is 6.04. The lowest BCUT2D eigenvalue weighted by Gasteiger charge is -2.37. The number of aromatic nitrogens is 1. The maximum atomic E-state index is 12.9. The van der Waals surface area contributed by atoms with E-state index in [1.807, 2.05) is 38.1 Å². The van der Waals surface area contributed by atoms with E-state index < -0.39 is 5.60 Å². The van der Waals surface area contributed by atoms with Gasteiger partial charge < -0.3 is 15.4 Å². The minimum Gasteiger partial charge on any atom is -0.362 e. The molecular formula is C20H25N3O2. The highest BCUT2D eigenvalue weighted by Crippen LogP contribution is 2.28.